The van der Waals surface area contributed by atoms with Crippen LogP contribution in [0.1, 0.15) is 53.5 Å². The fourth-order valence-electron chi connectivity index (χ4n) is 4.05. The smallest absolute Gasteiger partial charge is 0.255 e. The van der Waals surface area contributed by atoms with E-state index in [1.807, 2.05) is 36.2 Å². The Bertz CT molecular complexity index is 748. The summed E-state index contributed by atoms with van der Waals surface area (Å²) in [5.74, 6) is 0.0629. The molecule has 0 bridgehead atoms. The quantitative estimate of drug-likeness (QED) is 0.848. The van der Waals surface area contributed by atoms with Gasteiger partial charge in [-0.1, -0.05) is 6.42 Å². The molecule has 1 amide bonds. The summed E-state index contributed by atoms with van der Waals surface area (Å²) in [6, 6.07) is 6.05. The molecule has 2 aliphatic heterocycles. The zero-order valence-corrected chi connectivity index (χ0v) is 15.5. The number of hydrogen-bond donors (Lipinski definition) is 0. The molecule has 26 heavy (non-hydrogen) atoms. The number of aryl methyl sites for hydroxylation is 1. The molecule has 4 heterocycles. The monoisotopic (exact) mass is 353 g/mol. The Labute approximate surface area is 154 Å². The Kier molecular flexibility index (Phi) is 5.02. The van der Waals surface area contributed by atoms with Gasteiger partial charge in [-0.25, -0.2) is 0 Å². The van der Waals surface area contributed by atoms with Crippen LogP contribution in [0.2, 0.25) is 0 Å². The second kappa shape index (κ2) is 7.58. The molecule has 1 atom stereocenters. The molecular weight excluding hydrogens is 326 g/mol. The number of aromatic nitrogens is 3. The highest BCUT2D eigenvalue weighted by molar-refractivity contribution is 5.94. The minimum absolute atomic E-state index is 0.0629. The molecule has 0 aromatic carbocycles. The van der Waals surface area contributed by atoms with Crippen molar-refractivity contribution in [1.29, 1.82) is 0 Å². The number of amides is 1. The third kappa shape index (κ3) is 3.65. The van der Waals surface area contributed by atoms with Crippen molar-refractivity contribution < 1.29 is 4.79 Å². The molecule has 0 unspecified atom stereocenters. The van der Waals surface area contributed by atoms with E-state index in [1.54, 1.807) is 6.20 Å². The van der Waals surface area contributed by atoms with E-state index in [-0.39, 0.29) is 11.9 Å². The average molecular weight is 353 g/mol. The van der Waals surface area contributed by atoms with Crippen molar-refractivity contribution >= 4 is 5.91 Å². The fourth-order valence-corrected chi connectivity index (χ4v) is 4.05. The van der Waals surface area contributed by atoms with Crippen LogP contribution < -0.4 is 0 Å². The number of nitrogens with zero attached hydrogens (tertiary/aromatic N) is 5. The van der Waals surface area contributed by atoms with E-state index < -0.39 is 0 Å². The van der Waals surface area contributed by atoms with E-state index in [9.17, 15) is 4.79 Å². The van der Waals surface area contributed by atoms with E-state index in [0.717, 1.165) is 30.9 Å². The summed E-state index contributed by atoms with van der Waals surface area (Å²) in [5, 5.41) is 4.53. The molecule has 138 valence electrons. The van der Waals surface area contributed by atoms with Crippen molar-refractivity contribution in [3.8, 4) is 0 Å². The number of rotatable bonds is 4. The van der Waals surface area contributed by atoms with Crippen LogP contribution >= 0.6 is 0 Å². The van der Waals surface area contributed by atoms with Gasteiger partial charge in [-0.2, -0.15) is 5.10 Å². The maximum Gasteiger partial charge on any atom is 0.255 e. The predicted octanol–water partition coefficient (Wildman–Crippen LogP) is 2.66. The molecule has 6 heteroatoms. The van der Waals surface area contributed by atoms with Crippen LogP contribution in [0.15, 0.2) is 30.6 Å². The second-order valence-corrected chi connectivity index (χ2v) is 7.49. The summed E-state index contributed by atoms with van der Waals surface area (Å²) >= 11 is 0. The molecule has 0 radical (unpaired) electrons. The zero-order chi connectivity index (χ0) is 17.9. The van der Waals surface area contributed by atoms with Crippen LogP contribution in [-0.4, -0.2) is 56.7 Å². The van der Waals surface area contributed by atoms with Gasteiger partial charge in [-0.3, -0.25) is 14.5 Å². The summed E-state index contributed by atoms with van der Waals surface area (Å²) in [7, 11) is 0. The van der Waals surface area contributed by atoms with Gasteiger partial charge < -0.3 is 9.80 Å². The van der Waals surface area contributed by atoms with Crippen LogP contribution in [-0.2, 0) is 6.54 Å². The molecular formula is C20H27N5O. The van der Waals surface area contributed by atoms with Crippen LogP contribution in [0.4, 0.5) is 0 Å². The van der Waals surface area contributed by atoms with Gasteiger partial charge in [0.1, 0.15) is 0 Å². The lowest BCUT2D eigenvalue weighted by atomic mass is 10.1. The number of carbonyl (C=O) groups excluding carboxylic acids is 1. The topological polar surface area (TPSA) is 54.3 Å². The average Bonchev–Trinajstić information content (AvgIpc) is 3.16. The molecule has 0 N–H and O–H groups in total. The maximum absolute atomic E-state index is 12.9. The largest absolute Gasteiger partial charge is 0.331 e. The number of fused-ring (bicyclic) bond motifs is 1. The number of hydrogen-bond acceptors (Lipinski definition) is 4. The Hall–Kier alpha value is -2.21. The molecule has 2 aromatic rings. The first-order chi connectivity index (χ1) is 12.7. The second-order valence-electron chi connectivity index (χ2n) is 7.49. The van der Waals surface area contributed by atoms with Crippen molar-refractivity contribution in [3.63, 3.8) is 0 Å². The van der Waals surface area contributed by atoms with E-state index in [1.165, 1.54) is 32.4 Å². The SMILES string of the molecule is Cc1ccc(C(=O)N2Cc3ccnn3[C@H](CCN3CCCCC3)C2)cn1. The first kappa shape index (κ1) is 17.2. The Morgan fingerprint density at radius 3 is 2.81 bits per heavy atom. The van der Waals surface area contributed by atoms with Crippen molar-refractivity contribution in [1.82, 2.24) is 24.6 Å². The summed E-state index contributed by atoms with van der Waals surface area (Å²) in [6.07, 6.45) is 8.54. The molecule has 1 saturated heterocycles. The standard InChI is InChI=1S/C20H27N5O/c1-16-5-6-17(13-21-16)20(26)24-14-18-7-9-22-25(18)19(15-24)8-12-23-10-3-2-4-11-23/h5-7,9,13,19H,2-4,8,10-12,14-15H2,1H3/t19-/m1/s1. The third-order valence-corrected chi connectivity index (χ3v) is 5.55. The van der Waals surface area contributed by atoms with Crippen molar-refractivity contribution in [2.75, 3.05) is 26.2 Å². The summed E-state index contributed by atoms with van der Waals surface area (Å²) in [5.41, 5.74) is 2.71. The van der Waals surface area contributed by atoms with Crippen LogP contribution in [0.5, 0.6) is 0 Å². The van der Waals surface area contributed by atoms with Gasteiger partial charge in [-0.05, 0) is 57.5 Å². The van der Waals surface area contributed by atoms with Gasteiger partial charge in [0, 0.05) is 31.2 Å². The third-order valence-electron chi connectivity index (χ3n) is 5.55. The normalized spacial score (nSPS) is 20.8. The number of piperidine rings is 1. The van der Waals surface area contributed by atoms with Crippen LogP contribution in [0.25, 0.3) is 0 Å². The van der Waals surface area contributed by atoms with Gasteiger partial charge in [0.15, 0.2) is 0 Å². The van der Waals surface area contributed by atoms with Crippen molar-refractivity contribution in [3.05, 3.63) is 47.5 Å². The molecule has 4 rings (SSSR count). The zero-order valence-electron chi connectivity index (χ0n) is 15.5. The number of pyridine rings is 1. The lowest BCUT2D eigenvalue weighted by Gasteiger charge is -2.35. The summed E-state index contributed by atoms with van der Waals surface area (Å²) in [6.45, 7) is 6.76. The van der Waals surface area contributed by atoms with Gasteiger partial charge >= 0.3 is 0 Å². The fraction of sp³-hybridized carbons (Fsp3) is 0.550. The van der Waals surface area contributed by atoms with E-state index in [0.29, 0.717) is 12.1 Å². The first-order valence-corrected chi connectivity index (χ1v) is 9.67. The van der Waals surface area contributed by atoms with Crippen molar-refractivity contribution in [2.45, 2.75) is 45.2 Å². The number of likely N-dealkylation sites (tertiary alicyclic amines) is 1. The molecule has 0 aliphatic carbocycles. The van der Waals surface area contributed by atoms with E-state index in [2.05, 4.69) is 19.7 Å². The number of carbonyl (C=O) groups is 1. The van der Waals surface area contributed by atoms with E-state index in [4.69, 9.17) is 0 Å². The molecule has 2 aliphatic rings. The van der Waals surface area contributed by atoms with Gasteiger partial charge in [0.2, 0.25) is 0 Å². The molecule has 2 aromatic heterocycles. The minimum Gasteiger partial charge on any atom is -0.331 e. The summed E-state index contributed by atoms with van der Waals surface area (Å²) in [4.78, 5) is 21.7. The van der Waals surface area contributed by atoms with Gasteiger partial charge in [0.05, 0.1) is 23.8 Å². The highest BCUT2D eigenvalue weighted by Gasteiger charge is 2.29. The first-order valence-electron chi connectivity index (χ1n) is 9.67. The molecule has 0 spiro atoms. The van der Waals surface area contributed by atoms with Crippen LogP contribution in [0, 0.1) is 6.92 Å². The van der Waals surface area contributed by atoms with Crippen LogP contribution in [0.3, 0.4) is 0 Å². The lowest BCUT2D eigenvalue weighted by molar-refractivity contribution is 0.0654. The van der Waals surface area contributed by atoms with Crippen molar-refractivity contribution in [2.24, 2.45) is 0 Å². The Morgan fingerprint density at radius 1 is 1.19 bits per heavy atom. The lowest BCUT2D eigenvalue weighted by Crippen LogP contribution is -2.42. The Balaban J connectivity index is 1.46. The highest BCUT2D eigenvalue weighted by atomic mass is 16.2. The minimum atomic E-state index is 0.0629. The molecule has 6 nitrogen and oxygen atoms in total. The molecule has 0 saturated carbocycles. The van der Waals surface area contributed by atoms with Gasteiger partial charge in [0.25, 0.3) is 5.91 Å². The predicted molar refractivity (Wildman–Crippen MR) is 99.9 cm³/mol. The Morgan fingerprint density at radius 2 is 2.04 bits per heavy atom. The maximum atomic E-state index is 12.9. The summed E-state index contributed by atoms with van der Waals surface area (Å²) < 4.78 is 2.13. The highest BCUT2D eigenvalue weighted by Crippen LogP contribution is 2.25. The van der Waals surface area contributed by atoms with Gasteiger partial charge in [-0.15, -0.1) is 0 Å². The molecule has 1 fully saturated rings. The van der Waals surface area contributed by atoms with E-state index >= 15 is 0 Å².